The smallest absolute Gasteiger partial charge is 0.251 e. The molecule has 23 heavy (non-hydrogen) atoms. The molecule has 2 atom stereocenters. The van der Waals surface area contributed by atoms with Crippen LogP contribution in [0.3, 0.4) is 0 Å². The molecule has 0 radical (unpaired) electrons. The van der Waals surface area contributed by atoms with Crippen molar-refractivity contribution in [2.45, 2.75) is 25.0 Å². The highest BCUT2D eigenvalue weighted by molar-refractivity contribution is 5.81. The number of ether oxygens (including phenoxy) is 2. The molecule has 2 N–H and O–H groups in total. The van der Waals surface area contributed by atoms with Crippen molar-refractivity contribution in [1.29, 1.82) is 0 Å². The van der Waals surface area contributed by atoms with E-state index in [0.29, 0.717) is 6.54 Å². The maximum absolute atomic E-state index is 12.5. The number of hydrogen-bond acceptors (Lipinski definition) is 5. The summed E-state index contributed by atoms with van der Waals surface area (Å²) in [5.41, 5.74) is 6.75. The predicted octanol–water partition coefficient (Wildman–Crippen LogP) is 0.850. The van der Waals surface area contributed by atoms with Crippen LogP contribution in [0.2, 0.25) is 0 Å². The maximum Gasteiger partial charge on any atom is 0.251 e. The van der Waals surface area contributed by atoms with Crippen molar-refractivity contribution >= 4 is 11.6 Å². The molecule has 3 rings (SSSR count). The van der Waals surface area contributed by atoms with Crippen molar-refractivity contribution < 1.29 is 14.3 Å². The fourth-order valence-corrected chi connectivity index (χ4v) is 3.26. The topological polar surface area (TPSA) is 68.0 Å². The molecule has 1 aromatic carbocycles. The van der Waals surface area contributed by atoms with Crippen LogP contribution in [0.15, 0.2) is 24.3 Å². The largest absolute Gasteiger partial charge is 0.497 e. The number of nitrogens with two attached hydrogens (primary N) is 1. The maximum atomic E-state index is 12.5. The average molecular weight is 319 g/mol. The third kappa shape index (κ3) is 3.59. The quantitative estimate of drug-likeness (QED) is 0.891. The van der Waals surface area contributed by atoms with E-state index in [9.17, 15) is 4.79 Å². The molecule has 1 aromatic rings. The molecule has 0 aromatic heterocycles. The highest BCUT2D eigenvalue weighted by atomic mass is 16.5. The summed E-state index contributed by atoms with van der Waals surface area (Å²) in [7, 11) is 1.67. The molecule has 2 saturated heterocycles. The molecule has 0 saturated carbocycles. The van der Waals surface area contributed by atoms with Gasteiger partial charge in [0.15, 0.2) is 0 Å². The first-order valence-electron chi connectivity index (χ1n) is 8.24. The van der Waals surface area contributed by atoms with Crippen LogP contribution in [0.4, 0.5) is 5.69 Å². The molecule has 1 amide bonds. The van der Waals surface area contributed by atoms with Gasteiger partial charge in [-0.15, -0.1) is 0 Å². The molecule has 126 valence electrons. The zero-order chi connectivity index (χ0) is 16.2. The van der Waals surface area contributed by atoms with E-state index >= 15 is 0 Å². The van der Waals surface area contributed by atoms with E-state index in [-0.39, 0.29) is 18.1 Å². The highest BCUT2D eigenvalue weighted by Gasteiger charge is 2.34. The zero-order valence-corrected chi connectivity index (χ0v) is 13.6. The van der Waals surface area contributed by atoms with Crippen molar-refractivity contribution in [3.8, 4) is 5.75 Å². The molecule has 6 heteroatoms. The average Bonchev–Trinajstić information content (AvgIpc) is 3.10. The molecule has 0 aliphatic carbocycles. The number of piperazine rings is 1. The number of nitrogens with zero attached hydrogens (tertiary/aromatic N) is 2. The Labute approximate surface area is 137 Å². The number of carbonyl (C=O) groups is 1. The fourth-order valence-electron chi connectivity index (χ4n) is 3.26. The molecule has 0 bridgehead atoms. The van der Waals surface area contributed by atoms with Gasteiger partial charge in [0.25, 0.3) is 5.91 Å². The van der Waals surface area contributed by atoms with E-state index in [2.05, 4.69) is 11.0 Å². The lowest BCUT2D eigenvalue weighted by Crippen LogP contribution is -2.51. The number of carbonyl (C=O) groups excluding carboxylic acids is 1. The van der Waals surface area contributed by atoms with Gasteiger partial charge in [0.2, 0.25) is 0 Å². The van der Waals surface area contributed by atoms with E-state index in [0.717, 1.165) is 50.5 Å². The summed E-state index contributed by atoms with van der Waals surface area (Å²) in [6, 6.07) is 8.04. The molecule has 0 unspecified atom stereocenters. The van der Waals surface area contributed by atoms with Gasteiger partial charge in [-0.3, -0.25) is 4.79 Å². The minimum absolute atomic E-state index is 0.0435. The summed E-state index contributed by atoms with van der Waals surface area (Å²) >= 11 is 0. The van der Waals surface area contributed by atoms with Crippen molar-refractivity contribution in [2.24, 2.45) is 5.73 Å². The molecule has 2 aliphatic rings. The second-order valence-corrected chi connectivity index (χ2v) is 6.07. The minimum atomic E-state index is -0.299. The normalized spacial score (nSPS) is 24.8. The van der Waals surface area contributed by atoms with Gasteiger partial charge in [0.05, 0.1) is 13.2 Å². The Morgan fingerprint density at radius 1 is 1.30 bits per heavy atom. The SMILES string of the molecule is COc1cccc(N2CCN(C(=O)[C@@H]3CC[C@H](CN)O3)CC2)c1. The Bertz CT molecular complexity index is 544. The molecular formula is C17H25N3O3. The van der Waals surface area contributed by atoms with Crippen LogP contribution in [-0.4, -0.2) is 62.8 Å². The van der Waals surface area contributed by atoms with Gasteiger partial charge in [-0.25, -0.2) is 0 Å². The number of rotatable bonds is 4. The van der Waals surface area contributed by atoms with E-state index in [4.69, 9.17) is 15.2 Å². The van der Waals surface area contributed by atoms with Crippen LogP contribution < -0.4 is 15.4 Å². The van der Waals surface area contributed by atoms with Crippen LogP contribution in [-0.2, 0) is 9.53 Å². The van der Waals surface area contributed by atoms with Gasteiger partial charge in [0, 0.05) is 44.5 Å². The van der Waals surface area contributed by atoms with Crippen molar-refractivity contribution in [3.05, 3.63) is 24.3 Å². The zero-order valence-electron chi connectivity index (χ0n) is 13.6. The molecule has 2 aliphatic heterocycles. The Kier molecular flexibility index (Phi) is 5.03. The second-order valence-electron chi connectivity index (χ2n) is 6.07. The van der Waals surface area contributed by atoms with Crippen molar-refractivity contribution in [2.75, 3.05) is 44.7 Å². The Balaban J connectivity index is 1.55. The first-order chi connectivity index (χ1) is 11.2. The number of hydrogen-bond donors (Lipinski definition) is 1. The fraction of sp³-hybridized carbons (Fsp3) is 0.588. The Hall–Kier alpha value is -1.79. The molecule has 0 spiro atoms. The highest BCUT2D eigenvalue weighted by Crippen LogP contribution is 2.24. The predicted molar refractivity (Wildman–Crippen MR) is 88.7 cm³/mol. The van der Waals surface area contributed by atoms with Crippen LogP contribution in [0.1, 0.15) is 12.8 Å². The van der Waals surface area contributed by atoms with Crippen LogP contribution in [0.25, 0.3) is 0 Å². The minimum Gasteiger partial charge on any atom is -0.497 e. The summed E-state index contributed by atoms with van der Waals surface area (Å²) in [5, 5.41) is 0. The third-order valence-corrected chi connectivity index (χ3v) is 4.66. The van der Waals surface area contributed by atoms with E-state index in [1.54, 1.807) is 7.11 Å². The molecule has 6 nitrogen and oxygen atoms in total. The standard InChI is InChI=1S/C17H25N3O3/c1-22-14-4-2-3-13(11-14)19-7-9-20(10-8-19)17(21)16-6-5-15(12-18)23-16/h2-4,11,15-16H,5-10,12,18H2,1H3/t15-,16+/m1/s1. The van der Waals surface area contributed by atoms with Crippen LogP contribution in [0.5, 0.6) is 5.75 Å². The summed E-state index contributed by atoms with van der Waals surface area (Å²) in [6.07, 6.45) is 1.42. The Morgan fingerprint density at radius 2 is 2.09 bits per heavy atom. The molecule has 2 heterocycles. The van der Waals surface area contributed by atoms with Crippen molar-refractivity contribution in [3.63, 3.8) is 0 Å². The van der Waals surface area contributed by atoms with Crippen molar-refractivity contribution in [1.82, 2.24) is 4.90 Å². The van der Waals surface area contributed by atoms with Gasteiger partial charge >= 0.3 is 0 Å². The summed E-state index contributed by atoms with van der Waals surface area (Å²) < 4.78 is 11.0. The summed E-state index contributed by atoms with van der Waals surface area (Å²) in [5.74, 6) is 0.972. The van der Waals surface area contributed by atoms with Gasteiger partial charge in [0.1, 0.15) is 11.9 Å². The number of methoxy groups -OCH3 is 1. The van der Waals surface area contributed by atoms with E-state index < -0.39 is 0 Å². The van der Waals surface area contributed by atoms with Crippen LogP contribution >= 0.6 is 0 Å². The first-order valence-corrected chi connectivity index (χ1v) is 8.24. The van der Waals surface area contributed by atoms with E-state index in [1.807, 2.05) is 23.1 Å². The lowest BCUT2D eigenvalue weighted by Gasteiger charge is -2.37. The van der Waals surface area contributed by atoms with E-state index in [1.165, 1.54) is 0 Å². The first kappa shape index (κ1) is 16.1. The second kappa shape index (κ2) is 7.19. The van der Waals surface area contributed by atoms with Crippen LogP contribution in [0, 0.1) is 0 Å². The van der Waals surface area contributed by atoms with Gasteiger partial charge in [-0.2, -0.15) is 0 Å². The molecule has 2 fully saturated rings. The van der Waals surface area contributed by atoms with Gasteiger partial charge in [-0.05, 0) is 25.0 Å². The Morgan fingerprint density at radius 3 is 2.74 bits per heavy atom. The third-order valence-electron chi connectivity index (χ3n) is 4.66. The lowest BCUT2D eigenvalue weighted by molar-refractivity contribution is -0.143. The number of anilines is 1. The summed E-state index contributed by atoms with van der Waals surface area (Å²) in [6.45, 7) is 3.59. The number of amides is 1. The van der Waals surface area contributed by atoms with Gasteiger partial charge < -0.3 is 25.0 Å². The lowest BCUT2D eigenvalue weighted by atomic mass is 10.1. The van der Waals surface area contributed by atoms with Gasteiger partial charge in [-0.1, -0.05) is 6.07 Å². The number of benzene rings is 1. The monoisotopic (exact) mass is 319 g/mol. The molecular weight excluding hydrogens is 294 g/mol. The summed E-state index contributed by atoms with van der Waals surface area (Å²) in [4.78, 5) is 16.7.